The molecule has 0 saturated heterocycles. The van der Waals surface area contributed by atoms with E-state index in [-0.39, 0.29) is 0 Å². The zero-order valence-electron chi connectivity index (χ0n) is 14.4. The van der Waals surface area contributed by atoms with E-state index < -0.39 is 0 Å². The number of hydrogen-bond donors (Lipinski definition) is 0. The van der Waals surface area contributed by atoms with E-state index >= 15 is 0 Å². The molecule has 0 radical (unpaired) electrons. The predicted octanol–water partition coefficient (Wildman–Crippen LogP) is 5.86. The highest BCUT2D eigenvalue weighted by molar-refractivity contribution is 4.94. The van der Waals surface area contributed by atoms with Crippen LogP contribution in [0, 0.1) is 17.8 Å². The quantitative estimate of drug-likeness (QED) is 0.404. The first kappa shape index (κ1) is 17.6. The Kier molecular flexibility index (Phi) is 9.05. The molecule has 1 aliphatic rings. The Hall–Kier alpha value is -0.460. The van der Waals surface area contributed by atoms with Crippen molar-refractivity contribution in [2.24, 2.45) is 17.8 Å². The summed E-state index contributed by atoms with van der Waals surface area (Å²) in [6.07, 6.45) is 15.8. The third-order valence-corrected chi connectivity index (χ3v) is 4.93. The van der Waals surface area contributed by atoms with E-state index in [9.17, 15) is 0 Å². The van der Waals surface area contributed by atoms with E-state index in [0.717, 1.165) is 24.3 Å². The summed E-state index contributed by atoms with van der Waals surface area (Å²) in [4.78, 5) is 2.53. The van der Waals surface area contributed by atoms with Gasteiger partial charge in [-0.25, -0.2) is 0 Å². The minimum absolute atomic E-state index is 0.979. The summed E-state index contributed by atoms with van der Waals surface area (Å²) in [5.74, 6) is 3.02. The Balaban J connectivity index is 2.28. The smallest absolute Gasteiger partial charge is 0.0203 e. The average molecular weight is 280 g/mol. The van der Waals surface area contributed by atoms with Gasteiger partial charge in [-0.05, 0) is 43.7 Å². The Morgan fingerprint density at radius 3 is 2.50 bits per heavy atom. The van der Waals surface area contributed by atoms with Crippen molar-refractivity contribution in [1.29, 1.82) is 0 Å². The lowest BCUT2D eigenvalue weighted by Gasteiger charge is -2.20. The summed E-state index contributed by atoms with van der Waals surface area (Å²) >= 11 is 0. The SMILES string of the molecule is CCC/C=C/N(CC)CC1CC1C(CC)CCCCC. The predicted molar refractivity (Wildman–Crippen MR) is 90.8 cm³/mol. The van der Waals surface area contributed by atoms with Gasteiger partial charge in [0.1, 0.15) is 0 Å². The summed E-state index contributed by atoms with van der Waals surface area (Å²) in [5, 5.41) is 0. The Bertz CT molecular complexity index is 258. The van der Waals surface area contributed by atoms with Crippen molar-refractivity contribution in [2.45, 2.75) is 79.1 Å². The van der Waals surface area contributed by atoms with Gasteiger partial charge in [0.05, 0.1) is 0 Å². The van der Waals surface area contributed by atoms with Gasteiger partial charge in [-0.15, -0.1) is 0 Å². The number of rotatable bonds is 12. The molecule has 1 aliphatic carbocycles. The molecular weight excluding hydrogens is 242 g/mol. The average Bonchev–Trinajstić information content (AvgIpc) is 3.22. The molecule has 1 fully saturated rings. The molecule has 3 unspecified atom stereocenters. The fraction of sp³-hybridized carbons (Fsp3) is 0.895. The van der Waals surface area contributed by atoms with E-state index in [2.05, 4.69) is 44.9 Å². The summed E-state index contributed by atoms with van der Waals surface area (Å²) in [5.41, 5.74) is 0. The molecule has 0 amide bonds. The number of nitrogens with zero attached hydrogens (tertiary/aromatic N) is 1. The largest absolute Gasteiger partial charge is 0.378 e. The van der Waals surface area contributed by atoms with Gasteiger partial charge in [0.15, 0.2) is 0 Å². The zero-order valence-corrected chi connectivity index (χ0v) is 14.4. The van der Waals surface area contributed by atoms with Crippen LogP contribution in [0.15, 0.2) is 12.3 Å². The van der Waals surface area contributed by atoms with Crippen LogP contribution in [0.1, 0.15) is 79.1 Å². The molecule has 118 valence electrons. The van der Waals surface area contributed by atoms with Crippen molar-refractivity contribution in [1.82, 2.24) is 4.90 Å². The fourth-order valence-electron chi connectivity index (χ4n) is 3.42. The Labute approximate surface area is 127 Å². The molecule has 3 atom stereocenters. The van der Waals surface area contributed by atoms with E-state index in [4.69, 9.17) is 0 Å². The van der Waals surface area contributed by atoms with Gasteiger partial charge >= 0.3 is 0 Å². The third kappa shape index (κ3) is 6.33. The molecular formula is C19H37N. The molecule has 1 saturated carbocycles. The second-order valence-electron chi connectivity index (χ2n) is 6.58. The van der Waals surface area contributed by atoms with Crippen molar-refractivity contribution >= 4 is 0 Å². The van der Waals surface area contributed by atoms with Gasteiger partial charge < -0.3 is 4.90 Å². The van der Waals surface area contributed by atoms with Crippen LogP contribution in [0.5, 0.6) is 0 Å². The maximum Gasteiger partial charge on any atom is 0.0203 e. The van der Waals surface area contributed by atoms with Crippen LogP contribution >= 0.6 is 0 Å². The zero-order chi connectivity index (χ0) is 14.8. The molecule has 0 aromatic heterocycles. The summed E-state index contributed by atoms with van der Waals surface area (Å²) < 4.78 is 0. The lowest BCUT2D eigenvalue weighted by atomic mass is 9.92. The molecule has 0 aromatic carbocycles. The van der Waals surface area contributed by atoms with Crippen LogP contribution in [0.4, 0.5) is 0 Å². The van der Waals surface area contributed by atoms with E-state index in [0.29, 0.717) is 0 Å². The molecule has 1 heteroatoms. The van der Waals surface area contributed by atoms with Crippen molar-refractivity contribution in [3.05, 3.63) is 12.3 Å². The van der Waals surface area contributed by atoms with Crippen LogP contribution < -0.4 is 0 Å². The minimum atomic E-state index is 0.979. The first-order chi connectivity index (χ1) is 9.76. The number of hydrogen-bond acceptors (Lipinski definition) is 1. The number of allylic oxidation sites excluding steroid dienone is 1. The first-order valence-corrected chi connectivity index (χ1v) is 9.17. The Morgan fingerprint density at radius 1 is 1.10 bits per heavy atom. The van der Waals surface area contributed by atoms with Crippen molar-refractivity contribution in [3.63, 3.8) is 0 Å². The van der Waals surface area contributed by atoms with Gasteiger partial charge in [-0.3, -0.25) is 0 Å². The summed E-state index contributed by atoms with van der Waals surface area (Å²) in [6.45, 7) is 11.7. The molecule has 0 N–H and O–H groups in total. The molecule has 0 spiro atoms. The van der Waals surface area contributed by atoms with Gasteiger partial charge in [-0.1, -0.05) is 65.4 Å². The van der Waals surface area contributed by atoms with Gasteiger partial charge in [0.2, 0.25) is 0 Å². The van der Waals surface area contributed by atoms with Crippen LogP contribution in [0.25, 0.3) is 0 Å². The van der Waals surface area contributed by atoms with Crippen molar-refractivity contribution < 1.29 is 0 Å². The molecule has 20 heavy (non-hydrogen) atoms. The minimum Gasteiger partial charge on any atom is -0.378 e. The molecule has 0 bridgehead atoms. The topological polar surface area (TPSA) is 3.24 Å². The van der Waals surface area contributed by atoms with Gasteiger partial charge in [0, 0.05) is 13.1 Å². The van der Waals surface area contributed by atoms with E-state index in [1.807, 2.05) is 0 Å². The third-order valence-electron chi connectivity index (χ3n) is 4.93. The van der Waals surface area contributed by atoms with Crippen molar-refractivity contribution in [3.8, 4) is 0 Å². The standard InChI is InChI=1S/C19H37N/c1-5-9-11-13-17(7-3)19-15-18(19)16-20(8-4)14-12-10-6-2/h12,14,17-19H,5-11,13,15-16H2,1-4H3/b14-12+. The van der Waals surface area contributed by atoms with Crippen LogP contribution in [0.3, 0.4) is 0 Å². The highest BCUT2D eigenvalue weighted by Gasteiger charge is 2.41. The highest BCUT2D eigenvalue weighted by atomic mass is 15.1. The van der Waals surface area contributed by atoms with Gasteiger partial charge in [-0.2, -0.15) is 0 Å². The second kappa shape index (κ2) is 10.3. The van der Waals surface area contributed by atoms with Crippen LogP contribution in [-0.2, 0) is 0 Å². The lowest BCUT2D eigenvalue weighted by Crippen LogP contribution is -2.20. The van der Waals surface area contributed by atoms with Crippen LogP contribution in [-0.4, -0.2) is 18.0 Å². The number of unbranched alkanes of at least 4 members (excludes halogenated alkanes) is 3. The van der Waals surface area contributed by atoms with E-state index in [1.165, 1.54) is 57.9 Å². The maximum atomic E-state index is 2.53. The monoisotopic (exact) mass is 279 g/mol. The Morgan fingerprint density at radius 2 is 1.90 bits per heavy atom. The molecule has 0 aliphatic heterocycles. The van der Waals surface area contributed by atoms with Crippen LogP contribution in [0.2, 0.25) is 0 Å². The fourth-order valence-corrected chi connectivity index (χ4v) is 3.42. The lowest BCUT2D eigenvalue weighted by molar-refractivity contribution is 0.327. The summed E-state index contributed by atoms with van der Waals surface area (Å²) in [6, 6.07) is 0. The first-order valence-electron chi connectivity index (χ1n) is 9.17. The maximum absolute atomic E-state index is 2.53. The summed E-state index contributed by atoms with van der Waals surface area (Å²) in [7, 11) is 0. The molecule has 1 rings (SSSR count). The molecule has 0 aromatic rings. The van der Waals surface area contributed by atoms with E-state index in [1.54, 1.807) is 0 Å². The second-order valence-corrected chi connectivity index (χ2v) is 6.58. The normalized spacial score (nSPS) is 23.2. The molecule has 0 heterocycles. The van der Waals surface area contributed by atoms with Gasteiger partial charge in [0.25, 0.3) is 0 Å². The molecule has 1 nitrogen and oxygen atoms in total. The highest BCUT2D eigenvalue weighted by Crippen LogP contribution is 2.47. The van der Waals surface area contributed by atoms with Crippen molar-refractivity contribution in [2.75, 3.05) is 13.1 Å².